The van der Waals surface area contributed by atoms with Crippen molar-refractivity contribution in [3.05, 3.63) is 33.9 Å². The number of nitro groups is 1. The highest BCUT2D eigenvalue weighted by Gasteiger charge is 2.24. The first-order chi connectivity index (χ1) is 9.49. The average molecular weight is 279 g/mol. The van der Waals surface area contributed by atoms with Crippen molar-refractivity contribution in [2.24, 2.45) is 5.92 Å². The summed E-state index contributed by atoms with van der Waals surface area (Å²) < 4.78 is 5.42. The molecule has 1 heterocycles. The van der Waals surface area contributed by atoms with Crippen molar-refractivity contribution in [1.82, 2.24) is 5.32 Å². The van der Waals surface area contributed by atoms with E-state index in [1.165, 1.54) is 18.2 Å². The highest BCUT2D eigenvalue weighted by atomic mass is 16.6. The summed E-state index contributed by atoms with van der Waals surface area (Å²) in [5.41, 5.74) is 5.67. The molecule has 0 saturated carbocycles. The second-order valence-corrected chi connectivity index (χ2v) is 4.87. The number of ether oxygens (including phenoxy) is 1. The minimum Gasteiger partial charge on any atom is -0.393 e. The molecule has 0 spiro atoms. The number of hydrogen-bond acceptors (Lipinski definition) is 5. The van der Waals surface area contributed by atoms with Crippen molar-refractivity contribution in [1.29, 1.82) is 0 Å². The summed E-state index contributed by atoms with van der Waals surface area (Å²) in [5.74, 6) is 0.0139. The number of nitrogens with two attached hydrogens (primary N) is 1. The lowest BCUT2D eigenvalue weighted by Crippen LogP contribution is -2.32. The van der Waals surface area contributed by atoms with Gasteiger partial charge in [0.15, 0.2) is 0 Å². The first-order valence-electron chi connectivity index (χ1n) is 6.42. The first-order valence-corrected chi connectivity index (χ1v) is 6.42. The normalized spacial score (nSPS) is 21.6. The third-order valence-corrected chi connectivity index (χ3v) is 3.54. The molecule has 2 atom stereocenters. The number of hydrogen-bond donors (Lipinski definition) is 2. The Morgan fingerprint density at radius 2 is 2.35 bits per heavy atom. The number of anilines is 1. The van der Waals surface area contributed by atoms with Crippen molar-refractivity contribution < 1.29 is 14.5 Å². The molecule has 0 aliphatic carbocycles. The minimum absolute atomic E-state index is 0.0137. The molecule has 1 aliphatic rings. The van der Waals surface area contributed by atoms with Crippen molar-refractivity contribution in [3.8, 4) is 0 Å². The second kappa shape index (κ2) is 5.87. The molecule has 1 amide bonds. The molecular formula is C13H17N3O4. The topological polar surface area (TPSA) is 107 Å². The van der Waals surface area contributed by atoms with Gasteiger partial charge in [0.1, 0.15) is 5.69 Å². The van der Waals surface area contributed by atoms with Crippen LogP contribution in [-0.4, -0.2) is 30.1 Å². The van der Waals surface area contributed by atoms with Crippen LogP contribution in [0.25, 0.3) is 0 Å². The molecule has 1 saturated heterocycles. The van der Waals surface area contributed by atoms with Crippen molar-refractivity contribution >= 4 is 17.3 Å². The quantitative estimate of drug-likeness (QED) is 0.491. The van der Waals surface area contributed by atoms with E-state index < -0.39 is 4.92 Å². The molecule has 7 heteroatoms. The number of nitrogen functional groups attached to an aromatic ring is 1. The van der Waals surface area contributed by atoms with Gasteiger partial charge in [-0.05, 0) is 25.5 Å². The number of benzene rings is 1. The van der Waals surface area contributed by atoms with Gasteiger partial charge in [0.05, 0.1) is 11.0 Å². The number of nitrogens with zero attached hydrogens (tertiary/aromatic N) is 1. The minimum atomic E-state index is -0.575. The van der Waals surface area contributed by atoms with E-state index in [4.69, 9.17) is 10.5 Å². The molecule has 2 rings (SSSR count). The highest BCUT2D eigenvalue weighted by molar-refractivity contribution is 5.95. The van der Waals surface area contributed by atoms with E-state index in [-0.39, 0.29) is 23.4 Å². The smallest absolute Gasteiger partial charge is 0.292 e. The Morgan fingerprint density at radius 3 is 2.90 bits per heavy atom. The van der Waals surface area contributed by atoms with Crippen LogP contribution in [-0.2, 0) is 4.74 Å². The molecule has 2 unspecified atom stereocenters. The van der Waals surface area contributed by atoms with Crippen molar-refractivity contribution in [3.63, 3.8) is 0 Å². The van der Waals surface area contributed by atoms with Gasteiger partial charge in [0.2, 0.25) is 0 Å². The number of nitro benzene ring substituents is 1. The number of nitrogens with one attached hydrogen (secondary N) is 1. The summed E-state index contributed by atoms with van der Waals surface area (Å²) in [6, 6.07) is 3.96. The van der Waals surface area contributed by atoms with Crippen molar-refractivity contribution in [2.45, 2.75) is 19.4 Å². The van der Waals surface area contributed by atoms with Crippen LogP contribution < -0.4 is 11.1 Å². The third-order valence-electron chi connectivity index (χ3n) is 3.54. The molecule has 3 N–H and O–H groups in total. The fourth-order valence-corrected chi connectivity index (χ4v) is 2.23. The van der Waals surface area contributed by atoms with Crippen LogP contribution in [0.3, 0.4) is 0 Å². The monoisotopic (exact) mass is 279 g/mol. The van der Waals surface area contributed by atoms with E-state index in [9.17, 15) is 14.9 Å². The predicted molar refractivity (Wildman–Crippen MR) is 73.4 cm³/mol. The fraction of sp³-hybridized carbons (Fsp3) is 0.462. The van der Waals surface area contributed by atoms with Crippen molar-refractivity contribution in [2.75, 3.05) is 18.9 Å². The van der Waals surface area contributed by atoms with Crippen LogP contribution in [0.1, 0.15) is 23.7 Å². The number of carbonyl (C=O) groups excluding carboxylic acids is 1. The van der Waals surface area contributed by atoms with Gasteiger partial charge in [-0.2, -0.15) is 0 Å². The standard InChI is InChI=1S/C13H17N3O4/c1-8-10(4-5-20-8)7-15-13(17)9-2-3-12(16(18)19)11(14)6-9/h2-3,6,8,10H,4-5,7,14H2,1H3,(H,15,17). The first kappa shape index (κ1) is 14.3. The van der Waals surface area contributed by atoms with Gasteiger partial charge in [-0.15, -0.1) is 0 Å². The zero-order valence-corrected chi connectivity index (χ0v) is 11.2. The van der Waals surface area contributed by atoms with E-state index in [2.05, 4.69) is 5.32 Å². The summed E-state index contributed by atoms with van der Waals surface area (Å²) in [7, 11) is 0. The van der Waals surface area contributed by atoms with Gasteiger partial charge in [-0.3, -0.25) is 14.9 Å². The zero-order valence-electron chi connectivity index (χ0n) is 11.2. The molecular weight excluding hydrogens is 262 g/mol. The molecule has 0 bridgehead atoms. The Morgan fingerprint density at radius 1 is 1.60 bits per heavy atom. The summed E-state index contributed by atoms with van der Waals surface area (Å²) in [4.78, 5) is 22.0. The molecule has 108 valence electrons. The Bertz CT molecular complexity index is 532. The molecule has 1 aromatic carbocycles. The van der Waals surface area contributed by atoms with Crippen LogP contribution in [0, 0.1) is 16.0 Å². The van der Waals surface area contributed by atoms with Gasteiger partial charge in [-0.1, -0.05) is 0 Å². The summed E-state index contributed by atoms with van der Waals surface area (Å²) in [6.45, 7) is 3.22. The van der Waals surface area contributed by atoms with E-state index in [1.54, 1.807) is 0 Å². The molecule has 1 aliphatic heterocycles. The summed E-state index contributed by atoms with van der Waals surface area (Å²) in [6.07, 6.45) is 1.06. The van der Waals surface area contributed by atoms with E-state index in [1.807, 2.05) is 6.92 Å². The zero-order chi connectivity index (χ0) is 14.7. The van der Waals surface area contributed by atoms with Gasteiger partial charge >= 0.3 is 0 Å². The van der Waals surface area contributed by atoms with E-state index >= 15 is 0 Å². The lowest BCUT2D eigenvalue weighted by molar-refractivity contribution is -0.383. The summed E-state index contributed by atoms with van der Waals surface area (Å²) in [5, 5.41) is 13.5. The lowest BCUT2D eigenvalue weighted by atomic mass is 10.0. The largest absolute Gasteiger partial charge is 0.393 e. The summed E-state index contributed by atoms with van der Waals surface area (Å²) >= 11 is 0. The third kappa shape index (κ3) is 3.05. The predicted octanol–water partition coefficient (Wildman–Crippen LogP) is 1.33. The Kier molecular flexibility index (Phi) is 4.19. The maximum atomic E-state index is 12.0. The van der Waals surface area contributed by atoms with Crippen LogP contribution in [0.5, 0.6) is 0 Å². The van der Waals surface area contributed by atoms with E-state index in [0.29, 0.717) is 24.6 Å². The lowest BCUT2D eigenvalue weighted by Gasteiger charge is -2.14. The Labute approximate surface area is 116 Å². The highest BCUT2D eigenvalue weighted by Crippen LogP contribution is 2.22. The molecule has 0 aromatic heterocycles. The van der Waals surface area contributed by atoms with Crippen LogP contribution in [0.15, 0.2) is 18.2 Å². The van der Waals surface area contributed by atoms with Gasteiger partial charge in [0.25, 0.3) is 11.6 Å². The fourth-order valence-electron chi connectivity index (χ4n) is 2.23. The molecule has 1 aromatic rings. The van der Waals surface area contributed by atoms with Crippen LogP contribution in [0.2, 0.25) is 0 Å². The SMILES string of the molecule is CC1OCCC1CNC(=O)c1ccc([N+](=O)[O-])c(N)c1. The van der Waals surface area contributed by atoms with Gasteiger partial charge in [-0.25, -0.2) is 0 Å². The van der Waals surface area contributed by atoms with Crippen LogP contribution in [0.4, 0.5) is 11.4 Å². The maximum absolute atomic E-state index is 12.0. The van der Waals surface area contributed by atoms with Gasteiger partial charge in [0, 0.05) is 30.7 Å². The Balaban J connectivity index is 1.99. The van der Waals surface area contributed by atoms with E-state index in [0.717, 1.165) is 6.42 Å². The molecule has 20 heavy (non-hydrogen) atoms. The maximum Gasteiger partial charge on any atom is 0.292 e. The second-order valence-electron chi connectivity index (χ2n) is 4.87. The number of rotatable bonds is 4. The van der Waals surface area contributed by atoms with Gasteiger partial charge < -0.3 is 15.8 Å². The molecule has 7 nitrogen and oxygen atoms in total. The molecule has 0 radical (unpaired) electrons. The number of amides is 1. The van der Waals surface area contributed by atoms with Crippen LogP contribution >= 0.6 is 0 Å². The molecule has 1 fully saturated rings. The Hall–Kier alpha value is -2.15. The number of carbonyl (C=O) groups is 1. The average Bonchev–Trinajstić information content (AvgIpc) is 2.81.